The van der Waals surface area contributed by atoms with Crippen LogP contribution in [0.5, 0.6) is 5.75 Å². The smallest absolute Gasteiger partial charge is 0.223 e. The highest BCUT2D eigenvalue weighted by molar-refractivity contribution is 5.85. The standard InChI is InChI=1S/C24H30N6O2/c1-2-17-7-8-27-24(28-17)29-18-3-5-20(6-4-18)32-22-16-19(30-11-13-31-14-12-30)15-21-23(22)26-10-9-25-21/h7-10,15-16,18,20H,2-6,11-14H2,1H3,(H,27,28,29)/t18-,20+. The third kappa shape index (κ3) is 4.75. The summed E-state index contributed by atoms with van der Waals surface area (Å²) in [4.78, 5) is 20.4. The molecule has 3 aromatic rings. The molecule has 1 saturated heterocycles. The predicted octanol–water partition coefficient (Wildman–Crippen LogP) is 3.62. The van der Waals surface area contributed by atoms with Gasteiger partial charge in [-0.2, -0.15) is 0 Å². The number of morpholine rings is 1. The minimum absolute atomic E-state index is 0.168. The third-order valence-electron chi connectivity index (χ3n) is 6.28. The van der Waals surface area contributed by atoms with E-state index in [4.69, 9.17) is 9.47 Å². The highest BCUT2D eigenvalue weighted by atomic mass is 16.5. The molecule has 168 valence electrons. The number of hydrogen-bond acceptors (Lipinski definition) is 8. The number of aryl methyl sites for hydroxylation is 1. The van der Waals surface area contributed by atoms with Gasteiger partial charge in [0, 0.05) is 55.2 Å². The maximum atomic E-state index is 6.52. The summed E-state index contributed by atoms with van der Waals surface area (Å²) < 4.78 is 12.0. The molecule has 2 fully saturated rings. The first kappa shape index (κ1) is 20.9. The Morgan fingerprint density at radius 1 is 1.03 bits per heavy atom. The van der Waals surface area contributed by atoms with Gasteiger partial charge in [-0.3, -0.25) is 4.98 Å². The van der Waals surface area contributed by atoms with Crippen molar-refractivity contribution in [2.24, 2.45) is 0 Å². The predicted molar refractivity (Wildman–Crippen MR) is 124 cm³/mol. The molecular formula is C24H30N6O2. The van der Waals surface area contributed by atoms with Gasteiger partial charge >= 0.3 is 0 Å². The van der Waals surface area contributed by atoms with E-state index < -0.39 is 0 Å². The molecule has 0 spiro atoms. The zero-order chi connectivity index (χ0) is 21.8. The Morgan fingerprint density at radius 3 is 2.66 bits per heavy atom. The van der Waals surface area contributed by atoms with Crippen LogP contribution in [0.4, 0.5) is 11.6 Å². The molecule has 8 heteroatoms. The van der Waals surface area contributed by atoms with E-state index in [2.05, 4.69) is 49.2 Å². The molecule has 0 amide bonds. The first-order valence-corrected chi connectivity index (χ1v) is 11.6. The fourth-order valence-electron chi connectivity index (χ4n) is 4.47. The van der Waals surface area contributed by atoms with Crippen molar-refractivity contribution < 1.29 is 9.47 Å². The van der Waals surface area contributed by atoms with Gasteiger partial charge in [-0.15, -0.1) is 0 Å². The molecule has 0 atom stereocenters. The van der Waals surface area contributed by atoms with E-state index in [9.17, 15) is 0 Å². The molecule has 1 aliphatic carbocycles. The van der Waals surface area contributed by atoms with E-state index in [1.807, 2.05) is 12.3 Å². The lowest BCUT2D eigenvalue weighted by atomic mass is 9.93. The first-order valence-electron chi connectivity index (χ1n) is 11.6. The maximum Gasteiger partial charge on any atom is 0.223 e. The largest absolute Gasteiger partial charge is 0.488 e. The summed E-state index contributed by atoms with van der Waals surface area (Å²) in [5, 5.41) is 3.50. The van der Waals surface area contributed by atoms with Crippen molar-refractivity contribution in [3.8, 4) is 5.75 Å². The molecule has 32 heavy (non-hydrogen) atoms. The van der Waals surface area contributed by atoms with Crippen LogP contribution in [0, 0.1) is 0 Å². The highest BCUT2D eigenvalue weighted by Gasteiger charge is 2.24. The molecule has 0 radical (unpaired) electrons. The summed E-state index contributed by atoms with van der Waals surface area (Å²) in [7, 11) is 0. The third-order valence-corrected chi connectivity index (χ3v) is 6.28. The van der Waals surface area contributed by atoms with Crippen molar-refractivity contribution in [2.45, 2.75) is 51.2 Å². The molecule has 2 aromatic heterocycles. The van der Waals surface area contributed by atoms with Gasteiger partial charge in [-0.25, -0.2) is 15.0 Å². The number of fused-ring (bicyclic) bond motifs is 1. The number of rotatable bonds is 6. The minimum Gasteiger partial charge on any atom is -0.488 e. The van der Waals surface area contributed by atoms with Crippen molar-refractivity contribution in [2.75, 3.05) is 36.5 Å². The van der Waals surface area contributed by atoms with Crippen LogP contribution in [0.1, 0.15) is 38.3 Å². The van der Waals surface area contributed by atoms with Gasteiger partial charge in [0.2, 0.25) is 5.95 Å². The molecule has 1 saturated carbocycles. The zero-order valence-electron chi connectivity index (χ0n) is 18.5. The molecule has 1 aliphatic heterocycles. The Hall–Kier alpha value is -3.00. The SMILES string of the molecule is CCc1ccnc(N[C@H]2CC[C@@H](Oc3cc(N4CCOCC4)cc4nccnc34)CC2)n1. The van der Waals surface area contributed by atoms with E-state index >= 15 is 0 Å². The molecule has 8 nitrogen and oxygen atoms in total. The summed E-state index contributed by atoms with van der Waals surface area (Å²) in [5.41, 5.74) is 3.89. The number of benzene rings is 1. The number of nitrogens with one attached hydrogen (secondary N) is 1. The number of aromatic nitrogens is 4. The van der Waals surface area contributed by atoms with Gasteiger partial charge < -0.3 is 19.7 Å². The van der Waals surface area contributed by atoms with Crippen LogP contribution in [0.15, 0.2) is 36.8 Å². The summed E-state index contributed by atoms with van der Waals surface area (Å²) in [6.07, 6.45) is 10.4. The van der Waals surface area contributed by atoms with Crippen molar-refractivity contribution >= 4 is 22.7 Å². The molecule has 2 aliphatic rings. The second kappa shape index (κ2) is 9.65. The second-order valence-corrected chi connectivity index (χ2v) is 8.43. The summed E-state index contributed by atoms with van der Waals surface area (Å²) in [5.74, 6) is 1.56. The zero-order valence-corrected chi connectivity index (χ0v) is 18.5. The normalized spacial score (nSPS) is 21.5. The van der Waals surface area contributed by atoms with Gasteiger partial charge in [0.15, 0.2) is 0 Å². The number of hydrogen-bond donors (Lipinski definition) is 1. The summed E-state index contributed by atoms with van der Waals surface area (Å²) in [6, 6.07) is 6.56. The minimum atomic E-state index is 0.168. The molecular weight excluding hydrogens is 404 g/mol. The van der Waals surface area contributed by atoms with Crippen molar-refractivity contribution in [3.63, 3.8) is 0 Å². The first-order chi connectivity index (χ1) is 15.8. The second-order valence-electron chi connectivity index (χ2n) is 8.43. The number of ether oxygens (including phenoxy) is 2. The van der Waals surface area contributed by atoms with Gasteiger partial charge in [0.05, 0.1) is 24.8 Å². The van der Waals surface area contributed by atoms with Crippen molar-refractivity contribution in [1.29, 1.82) is 0 Å². The Balaban J connectivity index is 1.26. The molecule has 1 aromatic carbocycles. The molecule has 0 bridgehead atoms. The van der Waals surface area contributed by atoms with Gasteiger partial charge in [0.1, 0.15) is 11.3 Å². The van der Waals surface area contributed by atoms with E-state index in [0.717, 1.165) is 92.5 Å². The van der Waals surface area contributed by atoms with Gasteiger partial charge in [-0.05, 0) is 44.2 Å². The van der Waals surface area contributed by atoms with Crippen LogP contribution < -0.4 is 15.0 Å². The van der Waals surface area contributed by atoms with Crippen LogP contribution in [0.2, 0.25) is 0 Å². The average Bonchev–Trinajstić information content (AvgIpc) is 2.86. The lowest BCUT2D eigenvalue weighted by Gasteiger charge is -2.31. The topological polar surface area (TPSA) is 85.3 Å². The fourth-order valence-corrected chi connectivity index (χ4v) is 4.47. The Kier molecular flexibility index (Phi) is 6.29. The van der Waals surface area contributed by atoms with Gasteiger partial charge in [-0.1, -0.05) is 6.92 Å². The summed E-state index contributed by atoms with van der Waals surface area (Å²) >= 11 is 0. The maximum absolute atomic E-state index is 6.52. The fraction of sp³-hybridized carbons (Fsp3) is 0.500. The van der Waals surface area contributed by atoms with E-state index in [-0.39, 0.29) is 6.10 Å². The Bertz CT molecular complexity index is 1050. The molecule has 1 N–H and O–H groups in total. The monoisotopic (exact) mass is 434 g/mol. The van der Waals surface area contributed by atoms with Crippen molar-refractivity contribution in [3.05, 3.63) is 42.5 Å². The highest BCUT2D eigenvalue weighted by Crippen LogP contribution is 2.33. The Labute approximate surface area is 188 Å². The lowest BCUT2D eigenvalue weighted by Crippen LogP contribution is -2.36. The van der Waals surface area contributed by atoms with Crippen molar-refractivity contribution in [1.82, 2.24) is 19.9 Å². The van der Waals surface area contributed by atoms with Crippen LogP contribution in [0.3, 0.4) is 0 Å². The summed E-state index contributed by atoms with van der Waals surface area (Å²) in [6.45, 7) is 5.36. The lowest BCUT2D eigenvalue weighted by molar-refractivity contribution is 0.122. The van der Waals surface area contributed by atoms with E-state index in [1.54, 1.807) is 12.4 Å². The van der Waals surface area contributed by atoms with Crippen LogP contribution in [0.25, 0.3) is 11.0 Å². The van der Waals surface area contributed by atoms with Crippen LogP contribution in [-0.4, -0.2) is 58.4 Å². The molecule has 0 unspecified atom stereocenters. The van der Waals surface area contributed by atoms with Crippen LogP contribution >= 0.6 is 0 Å². The average molecular weight is 435 g/mol. The Morgan fingerprint density at radius 2 is 1.84 bits per heavy atom. The number of anilines is 2. The molecule has 3 heterocycles. The van der Waals surface area contributed by atoms with Gasteiger partial charge in [0.25, 0.3) is 0 Å². The number of nitrogens with zero attached hydrogens (tertiary/aromatic N) is 5. The quantitative estimate of drug-likeness (QED) is 0.630. The van der Waals surface area contributed by atoms with E-state index in [0.29, 0.717) is 6.04 Å². The van der Waals surface area contributed by atoms with E-state index in [1.165, 1.54) is 0 Å². The molecule has 5 rings (SSSR count). The van der Waals surface area contributed by atoms with Crippen LogP contribution in [-0.2, 0) is 11.2 Å².